The molecule has 16 heavy (non-hydrogen) atoms. The van der Waals surface area contributed by atoms with Gasteiger partial charge in [0.2, 0.25) is 0 Å². The first-order valence-electron chi connectivity index (χ1n) is 5.59. The van der Waals surface area contributed by atoms with Crippen molar-refractivity contribution in [3.63, 3.8) is 0 Å². The highest BCUT2D eigenvalue weighted by atomic mass is 32.1. The van der Waals surface area contributed by atoms with Crippen LogP contribution in [0.3, 0.4) is 0 Å². The molecule has 2 atom stereocenters. The van der Waals surface area contributed by atoms with Gasteiger partial charge >= 0.3 is 5.97 Å². The van der Waals surface area contributed by atoms with E-state index in [1.165, 1.54) is 4.88 Å². The summed E-state index contributed by atoms with van der Waals surface area (Å²) in [7, 11) is 1.90. The molecule has 0 spiro atoms. The minimum absolute atomic E-state index is 0.209. The second-order valence-electron chi connectivity index (χ2n) is 3.87. The standard InChI is InChI=1S/C12H19NO2S/c1-4-9(11-7-6-8-16-11)13(3)10(5-2)12(14)15/h6-10H,4-5H2,1-3H3,(H,14,15). The summed E-state index contributed by atoms with van der Waals surface area (Å²) in [6, 6.07) is 3.90. The smallest absolute Gasteiger partial charge is 0.320 e. The van der Waals surface area contributed by atoms with Crippen LogP contribution in [0.15, 0.2) is 17.5 Å². The third-order valence-electron chi connectivity index (χ3n) is 2.91. The van der Waals surface area contributed by atoms with Crippen molar-refractivity contribution in [3.8, 4) is 0 Å². The molecule has 2 unspecified atom stereocenters. The van der Waals surface area contributed by atoms with Crippen LogP contribution in [0.5, 0.6) is 0 Å². The second-order valence-corrected chi connectivity index (χ2v) is 4.85. The Bertz CT molecular complexity index is 324. The van der Waals surface area contributed by atoms with E-state index in [4.69, 9.17) is 5.11 Å². The van der Waals surface area contributed by atoms with Crippen molar-refractivity contribution in [2.45, 2.75) is 38.8 Å². The van der Waals surface area contributed by atoms with E-state index in [9.17, 15) is 4.79 Å². The Morgan fingerprint density at radius 1 is 1.50 bits per heavy atom. The summed E-state index contributed by atoms with van der Waals surface area (Å²) >= 11 is 1.69. The highest BCUT2D eigenvalue weighted by Crippen LogP contribution is 2.28. The fourth-order valence-electron chi connectivity index (χ4n) is 2.02. The zero-order chi connectivity index (χ0) is 12.1. The fourth-order valence-corrected chi connectivity index (χ4v) is 2.99. The molecular weight excluding hydrogens is 222 g/mol. The third kappa shape index (κ3) is 2.83. The predicted octanol–water partition coefficient (Wildman–Crippen LogP) is 2.99. The molecule has 1 aromatic heterocycles. The van der Waals surface area contributed by atoms with Gasteiger partial charge in [-0.3, -0.25) is 9.69 Å². The SMILES string of the molecule is CCC(C(=O)O)N(C)C(CC)c1cccs1. The van der Waals surface area contributed by atoms with Crippen molar-refractivity contribution >= 4 is 17.3 Å². The highest BCUT2D eigenvalue weighted by Gasteiger charge is 2.27. The number of thiophene rings is 1. The van der Waals surface area contributed by atoms with Gasteiger partial charge in [-0.05, 0) is 31.3 Å². The first kappa shape index (κ1) is 13.2. The average molecular weight is 241 g/mol. The minimum atomic E-state index is -0.736. The fraction of sp³-hybridized carbons (Fsp3) is 0.583. The highest BCUT2D eigenvalue weighted by molar-refractivity contribution is 7.10. The Balaban J connectivity index is 2.84. The topological polar surface area (TPSA) is 40.5 Å². The molecule has 0 fully saturated rings. The zero-order valence-electron chi connectivity index (χ0n) is 10.0. The van der Waals surface area contributed by atoms with Crippen molar-refractivity contribution in [1.82, 2.24) is 4.90 Å². The number of aliphatic carboxylic acids is 1. The number of nitrogens with zero attached hydrogens (tertiary/aromatic N) is 1. The molecule has 0 saturated heterocycles. The molecule has 0 aliphatic heterocycles. The van der Waals surface area contributed by atoms with E-state index in [-0.39, 0.29) is 6.04 Å². The molecule has 0 aliphatic carbocycles. The lowest BCUT2D eigenvalue weighted by Gasteiger charge is -2.31. The van der Waals surface area contributed by atoms with Crippen LogP contribution in [0.2, 0.25) is 0 Å². The monoisotopic (exact) mass is 241 g/mol. The molecule has 0 saturated carbocycles. The van der Waals surface area contributed by atoms with E-state index in [2.05, 4.69) is 13.0 Å². The molecule has 90 valence electrons. The van der Waals surface area contributed by atoms with Gasteiger partial charge in [0.15, 0.2) is 0 Å². The van der Waals surface area contributed by atoms with Gasteiger partial charge in [-0.1, -0.05) is 19.9 Å². The largest absolute Gasteiger partial charge is 0.480 e. The lowest BCUT2D eigenvalue weighted by molar-refractivity contribution is -0.143. The van der Waals surface area contributed by atoms with Crippen LogP contribution >= 0.6 is 11.3 Å². The van der Waals surface area contributed by atoms with E-state index in [1.807, 2.05) is 30.3 Å². The molecule has 3 nitrogen and oxygen atoms in total. The Morgan fingerprint density at radius 3 is 2.56 bits per heavy atom. The first-order chi connectivity index (χ1) is 7.61. The van der Waals surface area contributed by atoms with Crippen LogP contribution in [-0.4, -0.2) is 29.1 Å². The number of likely N-dealkylation sites (N-methyl/N-ethyl adjacent to an activating group) is 1. The van der Waals surface area contributed by atoms with Gasteiger partial charge < -0.3 is 5.11 Å². The number of carboxylic acids is 1. The summed E-state index contributed by atoms with van der Waals surface area (Å²) in [5.74, 6) is -0.736. The maximum atomic E-state index is 11.1. The van der Waals surface area contributed by atoms with Gasteiger partial charge in [0.05, 0.1) is 0 Å². The molecule has 4 heteroatoms. The van der Waals surface area contributed by atoms with Crippen LogP contribution in [0, 0.1) is 0 Å². The van der Waals surface area contributed by atoms with Gasteiger partial charge in [0.1, 0.15) is 6.04 Å². The maximum absolute atomic E-state index is 11.1. The van der Waals surface area contributed by atoms with Crippen molar-refractivity contribution in [3.05, 3.63) is 22.4 Å². The maximum Gasteiger partial charge on any atom is 0.320 e. The minimum Gasteiger partial charge on any atom is -0.480 e. The molecule has 0 radical (unpaired) electrons. The molecule has 0 amide bonds. The Hall–Kier alpha value is -0.870. The summed E-state index contributed by atoms with van der Waals surface area (Å²) in [6.45, 7) is 4.01. The molecule has 0 bridgehead atoms. The third-order valence-corrected chi connectivity index (χ3v) is 3.89. The van der Waals surface area contributed by atoms with Crippen molar-refractivity contribution in [2.75, 3.05) is 7.05 Å². The predicted molar refractivity (Wildman–Crippen MR) is 66.8 cm³/mol. The summed E-state index contributed by atoms with van der Waals surface area (Å²) in [4.78, 5) is 14.3. The van der Waals surface area contributed by atoms with Gasteiger partial charge in [0, 0.05) is 10.9 Å². The van der Waals surface area contributed by atoms with Gasteiger partial charge in [-0.25, -0.2) is 0 Å². The van der Waals surface area contributed by atoms with Crippen molar-refractivity contribution in [1.29, 1.82) is 0 Å². The van der Waals surface area contributed by atoms with Crippen molar-refractivity contribution < 1.29 is 9.90 Å². The lowest BCUT2D eigenvalue weighted by atomic mass is 10.1. The average Bonchev–Trinajstić information content (AvgIpc) is 2.72. The summed E-state index contributed by atoms with van der Waals surface area (Å²) in [6.07, 6.45) is 1.56. The molecule has 0 aliphatic rings. The molecule has 0 aromatic carbocycles. The molecule has 1 rings (SSSR count). The van der Waals surface area contributed by atoms with Gasteiger partial charge in [-0.2, -0.15) is 0 Å². The number of carboxylic acid groups (broad SMARTS) is 1. The zero-order valence-corrected chi connectivity index (χ0v) is 10.8. The van der Waals surface area contributed by atoms with Gasteiger partial charge in [-0.15, -0.1) is 11.3 Å². The molecule has 1 heterocycles. The summed E-state index contributed by atoms with van der Waals surface area (Å²) in [5, 5.41) is 11.2. The van der Waals surface area contributed by atoms with Crippen molar-refractivity contribution in [2.24, 2.45) is 0 Å². The van der Waals surface area contributed by atoms with E-state index in [0.717, 1.165) is 6.42 Å². The van der Waals surface area contributed by atoms with Crippen LogP contribution in [-0.2, 0) is 4.79 Å². The number of carbonyl (C=O) groups is 1. The van der Waals surface area contributed by atoms with E-state index < -0.39 is 12.0 Å². The molecule has 1 N–H and O–H groups in total. The van der Waals surface area contributed by atoms with E-state index in [1.54, 1.807) is 11.3 Å². The van der Waals surface area contributed by atoms with Crippen LogP contribution < -0.4 is 0 Å². The number of hydrogen-bond donors (Lipinski definition) is 1. The Labute approximate surface area is 101 Å². The Morgan fingerprint density at radius 2 is 2.19 bits per heavy atom. The van der Waals surface area contributed by atoms with Crippen LogP contribution in [0.4, 0.5) is 0 Å². The van der Waals surface area contributed by atoms with E-state index in [0.29, 0.717) is 6.42 Å². The second kappa shape index (κ2) is 6.01. The Kier molecular flexibility index (Phi) is 4.96. The summed E-state index contributed by atoms with van der Waals surface area (Å²) in [5.41, 5.74) is 0. The lowest BCUT2D eigenvalue weighted by Crippen LogP contribution is -2.40. The normalized spacial score (nSPS) is 15.0. The van der Waals surface area contributed by atoms with E-state index >= 15 is 0 Å². The first-order valence-corrected chi connectivity index (χ1v) is 6.47. The molecule has 1 aromatic rings. The quantitative estimate of drug-likeness (QED) is 0.832. The van der Waals surface area contributed by atoms with Gasteiger partial charge in [0.25, 0.3) is 0 Å². The van der Waals surface area contributed by atoms with Crippen LogP contribution in [0.1, 0.15) is 37.6 Å². The number of hydrogen-bond acceptors (Lipinski definition) is 3. The molecular formula is C12H19NO2S. The number of rotatable bonds is 6. The summed E-state index contributed by atoms with van der Waals surface area (Å²) < 4.78 is 0. The van der Waals surface area contributed by atoms with Crippen LogP contribution in [0.25, 0.3) is 0 Å².